The average Bonchev–Trinajstić information content (AvgIpc) is 2.80. The summed E-state index contributed by atoms with van der Waals surface area (Å²) in [5.41, 5.74) is -0.934. The van der Waals surface area contributed by atoms with Gasteiger partial charge in [0.1, 0.15) is 24.0 Å². The Morgan fingerprint density at radius 1 is 1.30 bits per heavy atom. The molecule has 0 saturated heterocycles. The van der Waals surface area contributed by atoms with E-state index in [1.807, 2.05) is 0 Å². The maximum absolute atomic E-state index is 13.7. The van der Waals surface area contributed by atoms with E-state index in [0.29, 0.717) is 17.4 Å². The minimum Gasteiger partial charge on any atom is -0.493 e. The first-order valence-corrected chi connectivity index (χ1v) is 8.62. The number of rotatable bonds is 4. The maximum atomic E-state index is 13.7. The van der Waals surface area contributed by atoms with Crippen molar-refractivity contribution in [2.24, 2.45) is 5.41 Å². The van der Waals surface area contributed by atoms with E-state index < -0.39 is 23.7 Å². The summed E-state index contributed by atoms with van der Waals surface area (Å²) in [7, 11) is 0. The molecule has 0 radical (unpaired) electrons. The second-order valence-electron chi connectivity index (χ2n) is 6.19. The quantitative estimate of drug-likeness (QED) is 0.777. The molecule has 0 aromatic heterocycles. The lowest BCUT2D eigenvalue weighted by Crippen LogP contribution is -2.41. The summed E-state index contributed by atoms with van der Waals surface area (Å²) in [6, 6.07) is 9.74. The number of hydrogen-bond donors (Lipinski definition) is 2. The van der Waals surface area contributed by atoms with Crippen LogP contribution in [0, 0.1) is 17.0 Å². The number of carbonyl (C=O) groups excluding carboxylic acids is 1. The van der Waals surface area contributed by atoms with Crippen molar-refractivity contribution in [1.29, 1.82) is 0 Å². The van der Waals surface area contributed by atoms with Gasteiger partial charge in [0.2, 0.25) is 0 Å². The summed E-state index contributed by atoms with van der Waals surface area (Å²) in [4.78, 5) is 13.0. The van der Waals surface area contributed by atoms with E-state index in [0.717, 1.165) is 6.07 Å². The first-order chi connectivity index (χ1) is 12.9. The summed E-state index contributed by atoms with van der Waals surface area (Å²) in [5.74, 6) is -1.40. The Bertz CT molecular complexity index is 877. The number of anilines is 1. The van der Waals surface area contributed by atoms with Crippen molar-refractivity contribution in [3.63, 3.8) is 0 Å². The number of benzene rings is 2. The standard InChI is InChI=1S/C19H17F2NO4S/c20-12-5-6-15(14(21)9-12)22-18(27)26-11-19(10-23)7-8-25-16-4-2-1-3-13(16)17(19)24/h1-6,9,23H,7-8,10-11H2,(H,22,27). The van der Waals surface area contributed by atoms with Crippen molar-refractivity contribution in [2.75, 3.05) is 25.1 Å². The molecule has 2 N–H and O–H groups in total. The lowest BCUT2D eigenvalue weighted by Gasteiger charge is -2.28. The average molecular weight is 393 g/mol. The van der Waals surface area contributed by atoms with Crippen LogP contribution in [-0.4, -0.2) is 35.9 Å². The van der Waals surface area contributed by atoms with Gasteiger partial charge in [-0.2, -0.15) is 0 Å². The molecule has 8 heteroatoms. The maximum Gasteiger partial charge on any atom is 0.261 e. The highest BCUT2D eigenvalue weighted by Gasteiger charge is 2.42. The zero-order chi connectivity index (χ0) is 19.4. The number of aliphatic hydroxyl groups is 1. The zero-order valence-electron chi connectivity index (χ0n) is 14.2. The molecule has 1 heterocycles. The highest BCUT2D eigenvalue weighted by molar-refractivity contribution is 7.80. The molecule has 1 aliphatic heterocycles. The molecule has 1 atom stereocenters. The SMILES string of the molecule is O=C1c2ccccc2OCCC1(CO)COC(=S)Nc1ccc(F)cc1F. The van der Waals surface area contributed by atoms with Crippen molar-refractivity contribution in [3.8, 4) is 5.75 Å². The second-order valence-corrected chi connectivity index (χ2v) is 6.56. The van der Waals surface area contributed by atoms with Gasteiger partial charge in [0.05, 0.1) is 29.9 Å². The van der Waals surface area contributed by atoms with Crippen LogP contribution in [0.2, 0.25) is 0 Å². The predicted molar refractivity (Wildman–Crippen MR) is 98.9 cm³/mol. The normalized spacial score (nSPS) is 18.9. The molecule has 27 heavy (non-hydrogen) atoms. The van der Waals surface area contributed by atoms with Crippen LogP contribution < -0.4 is 10.1 Å². The van der Waals surface area contributed by atoms with E-state index in [2.05, 4.69) is 5.32 Å². The van der Waals surface area contributed by atoms with Gasteiger partial charge < -0.3 is 19.9 Å². The Labute approximate surface area is 159 Å². The number of ether oxygens (including phenoxy) is 2. The summed E-state index contributed by atoms with van der Waals surface area (Å²) >= 11 is 5.03. The van der Waals surface area contributed by atoms with Gasteiger partial charge >= 0.3 is 0 Å². The summed E-state index contributed by atoms with van der Waals surface area (Å²) in [5, 5.41) is 12.2. The molecule has 0 saturated carbocycles. The van der Waals surface area contributed by atoms with Gasteiger partial charge in [-0.25, -0.2) is 8.78 Å². The van der Waals surface area contributed by atoms with Crippen LogP contribution in [0.25, 0.3) is 0 Å². The number of thiocarbonyl (C=S) groups is 1. The van der Waals surface area contributed by atoms with Crippen LogP contribution in [0.5, 0.6) is 5.75 Å². The third kappa shape index (κ3) is 4.06. The van der Waals surface area contributed by atoms with Crippen molar-refractivity contribution in [3.05, 3.63) is 59.7 Å². The highest BCUT2D eigenvalue weighted by atomic mass is 32.1. The van der Waals surface area contributed by atoms with Crippen molar-refractivity contribution < 1.29 is 28.2 Å². The van der Waals surface area contributed by atoms with Gasteiger partial charge in [0, 0.05) is 6.07 Å². The van der Waals surface area contributed by atoms with E-state index in [1.54, 1.807) is 24.3 Å². The molecule has 0 aliphatic carbocycles. The molecule has 0 spiro atoms. The molecule has 1 unspecified atom stereocenters. The fraction of sp³-hybridized carbons (Fsp3) is 0.263. The molecular weight excluding hydrogens is 376 g/mol. The lowest BCUT2D eigenvalue weighted by atomic mass is 9.79. The third-order valence-corrected chi connectivity index (χ3v) is 4.62. The van der Waals surface area contributed by atoms with E-state index >= 15 is 0 Å². The van der Waals surface area contributed by atoms with Gasteiger partial charge in [-0.3, -0.25) is 4.79 Å². The first kappa shape index (κ1) is 19.2. The van der Waals surface area contributed by atoms with Crippen LogP contribution in [0.3, 0.4) is 0 Å². The Morgan fingerprint density at radius 3 is 2.81 bits per heavy atom. The molecule has 2 aromatic rings. The lowest BCUT2D eigenvalue weighted by molar-refractivity contribution is 0.0381. The number of Topliss-reactive ketones (excluding diaryl/α,β-unsaturated/α-hetero) is 1. The molecule has 142 valence electrons. The van der Waals surface area contributed by atoms with Crippen molar-refractivity contribution in [2.45, 2.75) is 6.42 Å². The summed E-state index contributed by atoms with van der Waals surface area (Å²) < 4.78 is 37.7. The Hall–Kier alpha value is -2.58. The minimum absolute atomic E-state index is 0.0553. The Kier molecular flexibility index (Phi) is 5.67. The monoisotopic (exact) mass is 393 g/mol. The summed E-state index contributed by atoms with van der Waals surface area (Å²) in [6.45, 7) is -0.453. The van der Waals surface area contributed by atoms with Crippen LogP contribution in [-0.2, 0) is 4.74 Å². The molecule has 5 nitrogen and oxygen atoms in total. The number of ketones is 1. The topological polar surface area (TPSA) is 67.8 Å². The number of para-hydroxylation sites is 1. The number of nitrogens with one attached hydrogen (secondary N) is 1. The fourth-order valence-corrected chi connectivity index (χ4v) is 2.98. The van der Waals surface area contributed by atoms with Crippen molar-refractivity contribution >= 4 is 28.9 Å². The van der Waals surface area contributed by atoms with Crippen LogP contribution >= 0.6 is 12.2 Å². The van der Waals surface area contributed by atoms with Gasteiger partial charge in [-0.05, 0) is 42.9 Å². The zero-order valence-corrected chi connectivity index (χ0v) is 15.0. The number of aliphatic hydroxyl groups excluding tert-OH is 1. The van der Waals surface area contributed by atoms with Crippen LogP contribution in [0.1, 0.15) is 16.8 Å². The van der Waals surface area contributed by atoms with E-state index in [4.69, 9.17) is 21.7 Å². The van der Waals surface area contributed by atoms with E-state index in [-0.39, 0.29) is 36.3 Å². The van der Waals surface area contributed by atoms with Crippen molar-refractivity contribution in [1.82, 2.24) is 0 Å². The molecule has 0 amide bonds. The van der Waals surface area contributed by atoms with Gasteiger partial charge in [-0.15, -0.1) is 0 Å². The first-order valence-electron chi connectivity index (χ1n) is 8.21. The van der Waals surface area contributed by atoms with Crippen LogP contribution in [0.4, 0.5) is 14.5 Å². The van der Waals surface area contributed by atoms with E-state index in [9.17, 15) is 18.7 Å². The molecule has 0 fully saturated rings. The number of halogens is 2. The largest absolute Gasteiger partial charge is 0.493 e. The minimum atomic E-state index is -1.24. The summed E-state index contributed by atoms with van der Waals surface area (Å²) in [6.07, 6.45) is 0.227. The second kappa shape index (κ2) is 7.98. The van der Waals surface area contributed by atoms with E-state index in [1.165, 1.54) is 6.07 Å². The predicted octanol–water partition coefficient (Wildman–Crippen LogP) is 3.32. The van der Waals surface area contributed by atoms with Gasteiger partial charge in [0.15, 0.2) is 5.78 Å². The smallest absolute Gasteiger partial charge is 0.261 e. The molecule has 0 bridgehead atoms. The molecule has 3 rings (SSSR count). The Morgan fingerprint density at radius 2 is 2.07 bits per heavy atom. The number of hydrogen-bond acceptors (Lipinski definition) is 5. The number of fused-ring (bicyclic) bond motifs is 1. The molecule has 2 aromatic carbocycles. The molecular formula is C19H17F2NO4S. The Balaban J connectivity index is 1.72. The highest BCUT2D eigenvalue weighted by Crippen LogP contribution is 2.35. The van der Waals surface area contributed by atoms with Crippen LogP contribution in [0.15, 0.2) is 42.5 Å². The van der Waals surface area contributed by atoms with Gasteiger partial charge in [0.25, 0.3) is 5.17 Å². The third-order valence-electron chi connectivity index (χ3n) is 4.40. The van der Waals surface area contributed by atoms with Gasteiger partial charge in [-0.1, -0.05) is 12.1 Å². The molecule has 1 aliphatic rings. The fourth-order valence-electron chi connectivity index (χ4n) is 2.81. The number of carbonyl (C=O) groups is 1.